The molecule has 0 bridgehead atoms. The number of likely N-dealkylation sites (N-methyl/N-ethyl adjacent to an activating group) is 1. The van der Waals surface area contributed by atoms with Crippen molar-refractivity contribution in [2.45, 2.75) is 25.3 Å². The monoisotopic (exact) mass is 391 g/mol. The summed E-state index contributed by atoms with van der Waals surface area (Å²) in [5, 5.41) is 14.4. The van der Waals surface area contributed by atoms with Gasteiger partial charge in [-0.05, 0) is 55.0 Å². The number of nitrogens with one attached hydrogen (secondary N) is 2. The third-order valence-electron chi connectivity index (χ3n) is 2.82. The van der Waals surface area contributed by atoms with Gasteiger partial charge >= 0.3 is 5.97 Å². The van der Waals surface area contributed by atoms with Crippen LogP contribution in [-0.2, 0) is 4.79 Å². The second-order valence-electron chi connectivity index (χ2n) is 4.32. The first-order valence-corrected chi connectivity index (χ1v) is 7.41. The topological polar surface area (TPSA) is 91.3 Å². The van der Waals surface area contributed by atoms with Crippen LogP contribution in [0.4, 0.5) is 0 Å². The molecule has 1 atom stereocenters. The highest BCUT2D eigenvalue weighted by Gasteiger charge is 2.13. The number of pyridine rings is 1. The highest BCUT2D eigenvalue weighted by atomic mass is 127. The quantitative estimate of drug-likeness (QED) is 0.459. The molecule has 0 spiro atoms. The lowest BCUT2D eigenvalue weighted by atomic mass is 10.1. The van der Waals surface area contributed by atoms with Crippen LogP contribution in [0.3, 0.4) is 0 Å². The van der Waals surface area contributed by atoms with Gasteiger partial charge < -0.3 is 15.7 Å². The molecule has 20 heavy (non-hydrogen) atoms. The Kier molecular flexibility index (Phi) is 7.45. The SMILES string of the molecule is CNC(CCCCNC(=O)c1cncc(I)c1)C(=O)O. The highest BCUT2D eigenvalue weighted by molar-refractivity contribution is 14.1. The van der Waals surface area contributed by atoms with Crippen molar-refractivity contribution in [3.05, 3.63) is 27.6 Å². The van der Waals surface area contributed by atoms with Gasteiger partial charge in [0, 0.05) is 22.5 Å². The maximum atomic E-state index is 11.8. The Balaban J connectivity index is 2.24. The number of carbonyl (C=O) groups excluding carboxylic acids is 1. The third kappa shape index (κ3) is 5.83. The van der Waals surface area contributed by atoms with E-state index in [1.807, 2.05) is 0 Å². The Morgan fingerprint density at radius 1 is 1.40 bits per heavy atom. The number of aliphatic carboxylic acids is 1. The molecule has 1 heterocycles. The largest absolute Gasteiger partial charge is 0.480 e. The lowest BCUT2D eigenvalue weighted by Gasteiger charge is -2.10. The molecule has 0 fully saturated rings. The van der Waals surface area contributed by atoms with E-state index in [9.17, 15) is 9.59 Å². The van der Waals surface area contributed by atoms with Gasteiger partial charge in [0.25, 0.3) is 5.91 Å². The fourth-order valence-electron chi connectivity index (χ4n) is 1.70. The zero-order valence-corrected chi connectivity index (χ0v) is 13.4. The number of carboxylic acid groups (broad SMARTS) is 1. The van der Waals surface area contributed by atoms with Gasteiger partial charge in [0.15, 0.2) is 0 Å². The van der Waals surface area contributed by atoms with Crippen molar-refractivity contribution in [3.8, 4) is 0 Å². The molecule has 0 aliphatic rings. The van der Waals surface area contributed by atoms with Crippen LogP contribution >= 0.6 is 22.6 Å². The summed E-state index contributed by atoms with van der Waals surface area (Å²) in [6, 6.07) is 1.25. The van der Waals surface area contributed by atoms with Crippen molar-refractivity contribution in [3.63, 3.8) is 0 Å². The number of unbranched alkanes of at least 4 members (excludes halogenated alkanes) is 1. The molecule has 3 N–H and O–H groups in total. The fourth-order valence-corrected chi connectivity index (χ4v) is 2.20. The zero-order chi connectivity index (χ0) is 15.0. The molecule has 7 heteroatoms. The molecular weight excluding hydrogens is 373 g/mol. The van der Waals surface area contributed by atoms with Crippen molar-refractivity contribution in [1.82, 2.24) is 15.6 Å². The van der Waals surface area contributed by atoms with E-state index in [0.29, 0.717) is 18.5 Å². The van der Waals surface area contributed by atoms with Crippen molar-refractivity contribution in [2.75, 3.05) is 13.6 Å². The van der Waals surface area contributed by atoms with Gasteiger partial charge in [-0.2, -0.15) is 0 Å². The number of aromatic nitrogens is 1. The average Bonchev–Trinajstić information content (AvgIpc) is 2.42. The number of halogens is 1. The van der Waals surface area contributed by atoms with Gasteiger partial charge in [0.2, 0.25) is 0 Å². The van der Waals surface area contributed by atoms with Gasteiger partial charge in [-0.25, -0.2) is 0 Å². The normalized spacial score (nSPS) is 11.9. The maximum Gasteiger partial charge on any atom is 0.320 e. The number of amides is 1. The smallest absolute Gasteiger partial charge is 0.320 e. The minimum absolute atomic E-state index is 0.153. The second kappa shape index (κ2) is 8.85. The van der Waals surface area contributed by atoms with Crippen LogP contribution in [0.25, 0.3) is 0 Å². The summed E-state index contributed by atoms with van der Waals surface area (Å²) >= 11 is 2.10. The van der Waals surface area contributed by atoms with E-state index in [2.05, 4.69) is 38.2 Å². The number of hydrogen-bond acceptors (Lipinski definition) is 4. The molecule has 0 saturated carbocycles. The van der Waals surface area contributed by atoms with Crippen molar-refractivity contribution >= 4 is 34.5 Å². The molecule has 6 nitrogen and oxygen atoms in total. The Bertz CT molecular complexity index is 468. The molecule has 1 aromatic heterocycles. The summed E-state index contributed by atoms with van der Waals surface area (Å²) in [5.74, 6) is -0.999. The minimum Gasteiger partial charge on any atom is -0.480 e. The van der Waals surface area contributed by atoms with E-state index in [1.165, 1.54) is 6.20 Å². The Morgan fingerprint density at radius 3 is 2.75 bits per heavy atom. The van der Waals surface area contributed by atoms with Gasteiger partial charge in [-0.1, -0.05) is 0 Å². The summed E-state index contributed by atoms with van der Waals surface area (Å²) in [5.41, 5.74) is 0.538. The molecule has 0 aliphatic heterocycles. The molecule has 110 valence electrons. The standard InChI is InChI=1S/C13H18IN3O3/c1-15-11(13(19)20)4-2-3-5-17-12(18)9-6-10(14)8-16-7-9/h6-8,11,15H,2-5H2,1H3,(H,17,18)(H,19,20). The molecular formula is C13H18IN3O3. The predicted octanol–water partition coefficient (Wildman–Crippen LogP) is 1.26. The van der Waals surface area contributed by atoms with E-state index < -0.39 is 12.0 Å². The summed E-state index contributed by atoms with van der Waals surface area (Å²) in [6.45, 7) is 0.528. The second-order valence-corrected chi connectivity index (χ2v) is 5.57. The Morgan fingerprint density at radius 2 is 2.15 bits per heavy atom. The van der Waals surface area contributed by atoms with E-state index in [4.69, 9.17) is 5.11 Å². The lowest BCUT2D eigenvalue weighted by molar-refractivity contribution is -0.139. The van der Waals surface area contributed by atoms with Gasteiger partial charge in [-0.15, -0.1) is 0 Å². The van der Waals surface area contributed by atoms with Crippen LogP contribution in [0, 0.1) is 3.57 Å². The Hall–Kier alpha value is -1.22. The first-order chi connectivity index (χ1) is 9.54. The molecule has 1 aromatic rings. The van der Waals surface area contributed by atoms with Crippen LogP contribution in [-0.4, -0.2) is 41.6 Å². The summed E-state index contributed by atoms with van der Waals surface area (Å²) in [4.78, 5) is 26.5. The van der Waals surface area contributed by atoms with Crippen LogP contribution in [0.5, 0.6) is 0 Å². The molecule has 1 amide bonds. The molecule has 1 unspecified atom stereocenters. The number of hydrogen-bond donors (Lipinski definition) is 3. The first-order valence-electron chi connectivity index (χ1n) is 6.33. The van der Waals surface area contributed by atoms with E-state index in [1.54, 1.807) is 19.3 Å². The number of rotatable bonds is 8. The number of carbonyl (C=O) groups is 2. The summed E-state index contributed by atoms with van der Waals surface area (Å²) < 4.78 is 0.911. The summed E-state index contributed by atoms with van der Waals surface area (Å²) in [6.07, 6.45) is 5.24. The van der Waals surface area contributed by atoms with E-state index in [-0.39, 0.29) is 5.91 Å². The molecule has 0 radical (unpaired) electrons. The number of carboxylic acids is 1. The van der Waals surface area contributed by atoms with Gasteiger partial charge in [-0.3, -0.25) is 14.6 Å². The maximum absolute atomic E-state index is 11.8. The molecule has 0 saturated heterocycles. The van der Waals surface area contributed by atoms with Crippen LogP contribution in [0.1, 0.15) is 29.6 Å². The fraction of sp³-hybridized carbons (Fsp3) is 0.462. The zero-order valence-electron chi connectivity index (χ0n) is 11.2. The van der Waals surface area contributed by atoms with E-state index in [0.717, 1.165) is 16.4 Å². The first kappa shape index (κ1) is 16.8. The Labute approximate surface area is 131 Å². The van der Waals surface area contributed by atoms with Crippen LogP contribution in [0.2, 0.25) is 0 Å². The number of nitrogens with zero attached hydrogens (tertiary/aromatic N) is 1. The van der Waals surface area contributed by atoms with Gasteiger partial charge in [0.05, 0.1) is 5.56 Å². The predicted molar refractivity (Wildman–Crippen MR) is 83.6 cm³/mol. The molecule has 0 aliphatic carbocycles. The van der Waals surface area contributed by atoms with Gasteiger partial charge in [0.1, 0.15) is 6.04 Å². The third-order valence-corrected chi connectivity index (χ3v) is 3.41. The average molecular weight is 391 g/mol. The summed E-state index contributed by atoms with van der Waals surface area (Å²) in [7, 11) is 1.63. The highest BCUT2D eigenvalue weighted by Crippen LogP contribution is 2.05. The minimum atomic E-state index is -0.846. The molecule has 0 aromatic carbocycles. The van der Waals surface area contributed by atoms with Crippen molar-refractivity contribution in [2.24, 2.45) is 0 Å². The van der Waals surface area contributed by atoms with Crippen molar-refractivity contribution in [1.29, 1.82) is 0 Å². The molecule has 1 rings (SSSR count). The van der Waals surface area contributed by atoms with E-state index >= 15 is 0 Å². The van der Waals surface area contributed by atoms with Crippen LogP contribution in [0.15, 0.2) is 18.5 Å². The van der Waals surface area contributed by atoms with Crippen LogP contribution < -0.4 is 10.6 Å². The lowest BCUT2D eigenvalue weighted by Crippen LogP contribution is -2.33. The van der Waals surface area contributed by atoms with Crippen molar-refractivity contribution < 1.29 is 14.7 Å².